The molecule has 1 saturated heterocycles. The van der Waals surface area contributed by atoms with Gasteiger partial charge < -0.3 is 15.4 Å². The minimum Gasteiger partial charge on any atom is -0.406 e. The highest BCUT2D eigenvalue weighted by molar-refractivity contribution is 5.94. The Morgan fingerprint density at radius 3 is 2.77 bits per heavy atom. The summed E-state index contributed by atoms with van der Waals surface area (Å²) in [6, 6.07) is 5.42. The van der Waals surface area contributed by atoms with Gasteiger partial charge in [-0.05, 0) is 44.5 Å². The summed E-state index contributed by atoms with van der Waals surface area (Å²) in [7, 11) is 0. The minimum absolute atomic E-state index is 0. The molecule has 1 aromatic carbocycles. The summed E-state index contributed by atoms with van der Waals surface area (Å²) in [6.45, 7) is 2.83. The number of halogens is 4. The van der Waals surface area contributed by atoms with Crippen molar-refractivity contribution in [3.8, 4) is 5.75 Å². The lowest BCUT2D eigenvalue weighted by molar-refractivity contribution is -0.274. The SMILES string of the molecule is CC1CC(NC(=O)c2cccc(OC(F)(F)F)c2)CCN1.Cl. The number of hydrogen-bond donors (Lipinski definition) is 2. The molecule has 0 radical (unpaired) electrons. The number of carbonyl (C=O) groups excluding carboxylic acids is 1. The lowest BCUT2D eigenvalue weighted by Gasteiger charge is -2.28. The maximum Gasteiger partial charge on any atom is 0.573 e. The van der Waals surface area contributed by atoms with Crippen LogP contribution in [-0.2, 0) is 0 Å². The Morgan fingerprint density at radius 2 is 2.14 bits per heavy atom. The lowest BCUT2D eigenvalue weighted by atomic mass is 10.0. The van der Waals surface area contributed by atoms with E-state index in [1.807, 2.05) is 6.92 Å². The van der Waals surface area contributed by atoms with E-state index in [9.17, 15) is 18.0 Å². The van der Waals surface area contributed by atoms with Crippen molar-refractivity contribution in [3.05, 3.63) is 29.8 Å². The summed E-state index contributed by atoms with van der Waals surface area (Å²) in [5, 5.41) is 6.10. The van der Waals surface area contributed by atoms with Crippen LogP contribution in [0.15, 0.2) is 24.3 Å². The highest BCUT2D eigenvalue weighted by atomic mass is 35.5. The number of hydrogen-bond acceptors (Lipinski definition) is 3. The third-order valence-electron chi connectivity index (χ3n) is 3.29. The maximum absolute atomic E-state index is 12.2. The summed E-state index contributed by atoms with van der Waals surface area (Å²) < 4.78 is 40.3. The molecule has 1 aliphatic heterocycles. The largest absolute Gasteiger partial charge is 0.573 e. The van der Waals surface area contributed by atoms with Gasteiger partial charge in [0.1, 0.15) is 5.75 Å². The first-order valence-electron chi connectivity index (χ1n) is 6.73. The van der Waals surface area contributed by atoms with Crippen molar-refractivity contribution in [2.24, 2.45) is 0 Å². The third-order valence-corrected chi connectivity index (χ3v) is 3.29. The van der Waals surface area contributed by atoms with Gasteiger partial charge in [-0.1, -0.05) is 6.07 Å². The highest BCUT2D eigenvalue weighted by Crippen LogP contribution is 2.23. The Balaban J connectivity index is 0.00000242. The number of piperidine rings is 1. The van der Waals surface area contributed by atoms with Crippen LogP contribution in [0.5, 0.6) is 5.75 Å². The van der Waals surface area contributed by atoms with Crippen LogP contribution in [0.25, 0.3) is 0 Å². The molecular weight excluding hydrogens is 321 g/mol. The van der Waals surface area contributed by atoms with Gasteiger partial charge in [-0.15, -0.1) is 25.6 Å². The van der Waals surface area contributed by atoms with Crippen molar-refractivity contribution in [1.82, 2.24) is 10.6 Å². The second-order valence-electron chi connectivity index (χ2n) is 5.13. The Labute approximate surface area is 132 Å². The molecular formula is C14H18ClF3N2O2. The van der Waals surface area contributed by atoms with Crippen LogP contribution < -0.4 is 15.4 Å². The number of carbonyl (C=O) groups is 1. The zero-order chi connectivity index (χ0) is 15.5. The summed E-state index contributed by atoms with van der Waals surface area (Å²) in [5.74, 6) is -0.782. The van der Waals surface area contributed by atoms with Gasteiger partial charge in [-0.25, -0.2) is 0 Å². The fourth-order valence-corrected chi connectivity index (χ4v) is 2.37. The van der Waals surface area contributed by atoms with E-state index in [1.165, 1.54) is 12.1 Å². The highest BCUT2D eigenvalue weighted by Gasteiger charge is 2.31. The van der Waals surface area contributed by atoms with Crippen molar-refractivity contribution < 1.29 is 22.7 Å². The van der Waals surface area contributed by atoms with Gasteiger partial charge in [-0.3, -0.25) is 4.79 Å². The quantitative estimate of drug-likeness (QED) is 0.891. The third kappa shape index (κ3) is 5.73. The zero-order valence-corrected chi connectivity index (χ0v) is 12.8. The van der Waals surface area contributed by atoms with Crippen molar-refractivity contribution in [1.29, 1.82) is 0 Å². The number of benzene rings is 1. The standard InChI is InChI=1S/C14H17F3N2O2.ClH/c1-9-7-11(5-6-18-9)19-13(20)10-3-2-4-12(8-10)21-14(15,16)17;/h2-4,8-9,11,18H,5-7H2,1H3,(H,19,20);1H. The number of alkyl halides is 3. The smallest absolute Gasteiger partial charge is 0.406 e. The van der Waals surface area contributed by atoms with Gasteiger partial charge >= 0.3 is 6.36 Å². The maximum atomic E-state index is 12.2. The molecule has 1 heterocycles. The van der Waals surface area contributed by atoms with Crippen LogP contribution in [0, 0.1) is 0 Å². The Bertz CT molecular complexity index is 511. The van der Waals surface area contributed by atoms with Gasteiger partial charge in [0.15, 0.2) is 0 Å². The molecule has 0 spiro atoms. The van der Waals surface area contributed by atoms with E-state index in [1.54, 1.807) is 0 Å². The van der Waals surface area contributed by atoms with Crippen LogP contribution in [-0.4, -0.2) is 30.9 Å². The van der Waals surface area contributed by atoms with E-state index in [0.29, 0.717) is 6.04 Å². The van der Waals surface area contributed by atoms with Crippen molar-refractivity contribution >= 4 is 18.3 Å². The second-order valence-corrected chi connectivity index (χ2v) is 5.13. The van der Waals surface area contributed by atoms with Gasteiger partial charge in [-0.2, -0.15) is 0 Å². The molecule has 2 N–H and O–H groups in total. The summed E-state index contributed by atoms with van der Waals surface area (Å²) in [6.07, 6.45) is -3.17. The van der Waals surface area contributed by atoms with Crippen molar-refractivity contribution in [2.45, 2.75) is 38.2 Å². The van der Waals surface area contributed by atoms with Crippen LogP contribution in [0.2, 0.25) is 0 Å². The molecule has 1 aliphatic rings. The first-order chi connectivity index (χ1) is 9.83. The van der Waals surface area contributed by atoms with E-state index in [4.69, 9.17) is 0 Å². The molecule has 0 aromatic heterocycles. The van der Waals surface area contributed by atoms with Crippen molar-refractivity contribution in [3.63, 3.8) is 0 Å². The van der Waals surface area contributed by atoms with E-state index in [0.717, 1.165) is 31.5 Å². The van der Waals surface area contributed by atoms with Gasteiger partial charge in [0.25, 0.3) is 5.91 Å². The molecule has 2 atom stereocenters. The van der Waals surface area contributed by atoms with Crippen LogP contribution >= 0.6 is 12.4 Å². The van der Waals surface area contributed by atoms with E-state index >= 15 is 0 Å². The molecule has 1 amide bonds. The van der Waals surface area contributed by atoms with Crippen LogP contribution in [0.4, 0.5) is 13.2 Å². The lowest BCUT2D eigenvalue weighted by Crippen LogP contribution is -2.46. The monoisotopic (exact) mass is 338 g/mol. The molecule has 0 aliphatic carbocycles. The Hall–Kier alpha value is -1.47. The molecule has 124 valence electrons. The average Bonchev–Trinajstić information content (AvgIpc) is 2.37. The molecule has 8 heteroatoms. The molecule has 0 saturated carbocycles. The molecule has 4 nitrogen and oxygen atoms in total. The number of amides is 1. The molecule has 0 bridgehead atoms. The number of rotatable bonds is 3. The van der Waals surface area contributed by atoms with E-state index in [-0.39, 0.29) is 29.9 Å². The average molecular weight is 339 g/mol. The zero-order valence-electron chi connectivity index (χ0n) is 11.9. The number of ether oxygens (including phenoxy) is 1. The molecule has 22 heavy (non-hydrogen) atoms. The predicted octanol–water partition coefficient (Wildman–Crippen LogP) is 2.88. The van der Waals surface area contributed by atoms with Gasteiger partial charge in [0.2, 0.25) is 0 Å². The molecule has 1 fully saturated rings. The summed E-state index contributed by atoms with van der Waals surface area (Å²) in [5.41, 5.74) is 0.155. The van der Waals surface area contributed by atoms with Gasteiger partial charge in [0, 0.05) is 17.6 Å². The molecule has 2 rings (SSSR count). The Kier molecular flexibility index (Phi) is 6.49. The van der Waals surface area contributed by atoms with Crippen LogP contribution in [0.3, 0.4) is 0 Å². The fourth-order valence-electron chi connectivity index (χ4n) is 2.37. The summed E-state index contributed by atoms with van der Waals surface area (Å²) in [4.78, 5) is 12.1. The van der Waals surface area contributed by atoms with Gasteiger partial charge in [0.05, 0.1) is 0 Å². The normalized spacial score (nSPS) is 21.6. The second kappa shape index (κ2) is 7.69. The number of nitrogens with one attached hydrogen (secondary N) is 2. The molecule has 1 aromatic rings. The topological polar surface area (TPSA) is 50.4 Å². The molecule has 2 unspecified atom stereocenters. The van der Waals surface area contributed by atoms with Crippen LogP contribution in [0.1, 0.15) is 30.1 Å². The minimum atomic E-state index is -4.76. The fraction of sp³-hybridized carbons (Fsp3) is 0.500. The predicted molar refractivity (Wildman–Crippen MR) is 78.3 cm³/mol. The van der Waals surface area contributed by atoms with Crippen molar-refractivity contribution in [2.75, 3.05) is 6.54 Å². The first kappa shape index (κ1) is 18.6. The van der Waals surface area contributed by atoms with E-state index < -0.39 is 12.1 Å². The summed E-state index contributed by atoms with van der Waals surface area (Å²) >= 11 is 0. The van der Waals surface area contributed by atoms with E-state index in [2.05, 4.69) is 15.4 Å². The Morgan fingerprint density at radius 1 is 1.41 bits per heavy atom. The first-order valence-corrected chi connectivity index (χ1v) is 6.73.